The molecule has 0 N–H and O–H groups in total. The average Bonchev–Trinajstić information content (AvgIpc) is 3.03. The third-order valence-electron chi connectivity index (χ3n) is 7.71. The Kier molecular flexibility index (Phi) is 5.14. The van der Waals surface area contributed by atoms with Crippen molar-refractivity contribution in [1.29, 1.82) is 0 Å². The van der Waals surface area contributed by atoms with E-state index in [4.69, 9.17) is 9.97 Å². The first-order chi connectivity index (χ1) is 19.8. The summed E-state index contributed by atoms with van der Waals surface area (Å²) in [5.74, 6) is 0.686. The summed E-state index contributed by atoms with van der Waals surface area (Å²) in [5, 5.41) is 9.72. The molecule has 6 aromatic carbocycles. The summed E-state index contributed by atoms with van der Waals surface area (Å²) in [6.45, 7) is 0. The van der Waals surface area contributed by atoms with Gasteiger partial charge in [-0.15, -0.1) is 0 Å². The van der Waals surface area contributed by atoms with Crippen LogP contribution < -0.4 is 0 Å². The fourth-order valence-electron chi connectivity index (χ4n) is 5.73. The van der Waals surface area contributed by atoms with Gasteiger partial charge in [0.25, 0.3) is 0 Å². The molecular formula is C37H23N3. The normalized spacial score (nSPS) is 11.5. The van der Waals surface area contributed by atoms with Crippen molar-refractivity contribution in [2.45, 2.75) is 0 Å². The predicted molar refractivity (Wildman–Crippen MR) is 166 cm³/mol. The molecule has 0 bridgehead atoms. The van der Waals surface area contributed by atoms with E-state index in [1.807, 2.05) is 12.1 Å². The van der Waals surface area contributed by atoms with E-state index in [1.54, 1.807) is 12.4 Å². The minimum Gasteiger partial charge on any atom is -0.265 e. The third-order valence-corrected chi connectivity index (χ3v) is 7.71. The van der Waals surface area contributed by atoms with Crippen molar-refractivity contribution in [2.24, 2.45) is 0 Å². The molecule has 2 heterocycles. The highest BCUT2D eigenvalue weighted by Crippen LogP contribution is 2.36. The van der Waals surface area contributed by atoms with E-state index >= 15 is 0 Å². The maximum absolute atomic E-state index is 5.12. The standard InChI is InChI=1S/C37H23N3/c1-2-8-26-20-30-21-29(14-13-27(30)19-25(26)7-1)35-23-36(40-37(39-35)24-15-17-38-18-16-24)34-22-28-9-3-4-10-31(28)32-11-5-6-12-33(32)34/h1-23H. The molecule has 2 aromatic heterocycles. The van der Waals surface area contributed by atoms with Gasteiger partial charge in [-0.3, -0.25) is 4.98 Å². The number of benzene rings is 6. The molecule has 8 aromatic rings. The second-order valence-corrected chi connectivity index (χ2v) is 10.2. The maximum atomic E-state index is 5.12. The molecule has 186 valence electrons. The van der Waals surface area contributed by atoms with Crippen molar-refractivity contribution in [1.82, 2.24) is 15.0 Å². The molecule has 0 unspecified atom stereocenters. The zero-order valence-corrected chi connectivity index (χ0v) is 21.6. The van der Waals surface area contributed by atoms with E-state index in [2.05, 4.69) is 120 Å². The number of nitrogens with zero attached hydrogens (tertiary/aromatic N) is 3. The number of pyridine rings is 1. The van der Waals surface area contributed by atoms with Gasteiger partial charge in [-0.1, -0.05) is 84.9 Å². The van der Waals surface area contributed by atoms with Crippen molar-refractivity contribution >= 4 is 43.1 Å². The zero-order valence-electron chi connectivity index (χ0n) is 21.6. The molecule has 0 aliphatic carbocycles. The number of hydrogen-bond donors (Lipinski definition) is 0. The molecule has 8 rings (SSSR count). The number of fused-ring (bicyclic) bond motifs is 5. The first kappa shape index (κ1) is 22.6. The molecule has 0 aliphatic rings. The van der Waals surface area contributed by atoms with Gasteiger partial charge >= 0.3 is 0 Å². The van der Waals surface area contributed by atoms with Gasteiger partial charge in [0.15, 0.2) is 5.82 Å². The number of hydrogen-bond acceptors (Lipinski definition) is 3. The van der Waals surface area contributed by atoms with Crippen LogP contribution in [0.4, 0.5) is 0 Å². The summed E-state index contributed by atoms with van der Waals surface area (Å²) in [7, 11) is 0. The summed E-state index contributed by atoms with van der Waals surface area (Å²) < 4.78 is 0. The lowest BCUT2D eigenvalue weighted by molar-refractivity contribution is 1.18. The van der Waals surface area contributed by atoms with Crippen molar-refractivity contribution in [3.63, 3.8) is 0 Å². The molecule has 0 saturated carbocycles. The summed E-state index contributed by atoms with van der Waals surface area (Å²) in [5.41, 5.74) is 4.89. The van der Waals surface area contributed by atoms with E-state index in [1.165, 1.54) is 43.1 Å². The van der Waals surface area contributed by atoms with Crippen LogP contribution in [-0.4, -0.2) is 15.0 Å². The quantitative estimate of drug-likeness (QED) is 0.176. The Morgan fingerprint density at radius 3 is 1.80 bits per heavy atom. The smallest absolute Gasteiger partial charge is 0.160 e. The van der Waals surface area contributed by atoms with E-state index in [0.717, 1.165) is 28.1 Å². The molecule has 3 nitrogen and oxygen atoms in total. The summed E-state index contributed by atoms with van der Waals surface area (Å²) in [4.78, 5) is 14.4. The van der Waals surface area contributed by atoms with Crippen LogP contribution in [0.1, 0.15) is 0 Å². The lowest BCUT2D eigenvalue weighted by Gasteiger charge is -2.13. The van der Waals surface area contributed by atoms with Gasteiger partial charge in [-0.2, -0.15) is 0 Å². The first-order valence-corrected chi connectivity index (χ1v) is 13.4. The van der Waals surface area contributed by atoms with Crippen LogP contribution in [0.3, 0.4) is 0 Å². The Bertz CT molecular complexity index is 2220. The van der Waals surface area contributed by atoms with Gasteiger partial charge in [-0.05, 0) is 85.6 Å². The van der Waals surface area contributed by atoms with Crippen LogP contribution in [0.5, 0.6) is 0 Å². The molecule has 40 heavy (non-hydrogen) atoms. The van der Waals surface area contributed by atoms with E-state index in [0.29, 0.717) is 5.82 Å². The predicted octanol–water partition coefficient (Wildman–Crippen LogP) is 9.49. The highest BCUT2D eigenvalue weighted by Gasteiger charge is 2.15. The molecular weight excluding hydrogens is 486 g/mol. The van der Waals surface area contributed by atoms with Gasteiger partial charge in [0.05, 0.1) is 11.4 Å². The molecule has 0 aliphatic heterocycles. The molecule has 0 amide bonds. The van der Waals surface area contributed by atoms with Crippen LogP contribution in [0.25, 0.3) is 77.0 Å². The van der Waals surface area contributed by atoms with Crippen LogP contribution in [0.15, 0.2) is 140 Å². The van der Waals surface area contributed by atoms with E-state index < -0.39 is 0 Å². The Morgan fingerprint density at radius 2 is 1.00 bits per heavy atom. The van der Waals surface area contributed by atoms with Crippen LogP contribution in [-0.2, 0) is 0 Å². The highest BCUT2D eigenvalue weighted by molar-refractivity contribution is 6.13. The SMILES string of the molecule is c1ccc2cc3cc(-c4cc(-c5cc6ccccc6c6ccccc56)nc(-c5ccncc5)n4)ccc3cc2c1. The monoisotopic (exact) mass is 509 g/mol. The first-order valence-electron chi connectivity index (χ1n) is 13.4. The maximum Gasteiger partial charge on any atom is 0.160 e. The number of rotatable bonds is 3. The molecule has 0 atom stereocenters. The molecule has 0 saturated heterocycles. The molecule has 0 spiro atoms. The van der Waals surface area contributed by atoms with Crippen molar-refractivity contribution in [3.8, 4) is 33.9 Å². The van der Waals surface area contributed by atoms with Crippen molar-refractivity contribution < 1.29 is 0 Å². The molecule has 0 radical (unpaired) electrons. The van der Waals surface area contributed by atoms with Crippen LogP contribution >= 0.6 is 0 Å². The Balaban J connectivity index is 1.39. The summed E-state index contributed by atoms with van der Waals surface area (Å²) in [6.07, 6.45) is 3.58. The van der Waals surface area contributed by atoms with Crippen molar-refractivity contribution in [2.75, 3.05) is 0 Å². The van der Waals surface area contributed by atoms with Gasteiger partial charge in [0.1, 0.15) is 0 Å². The molecule has 3 heteroatoms. The van der Waals surface area contributed by atoms with Crippen molar-refractivity contribution in [3.05, 3.63) is 140 Å². The van der Waals surface area contributed by atoms with Crippen LogP contribution in [0, 0.1) is 0 Å². The van der Waals surface area contributed by atoms with Gasteiger partial charge in [0, 0.05) is 29.1 Å². The lowest BCUT2D eigenvalue weighted by Crippen LogP contribution is -1.97. The van der Waals surface area contributed by atoms with E-state index in [9.17, 15) is 0 Å². The largest absolute Gasteiger partial charge is 0.265 e. The van der Waals surface area contributed by atoms with Gasteiger partial charge in [0.2, 0.25) is 0 Å². The molecule has 0 fully saturated rings. The zero-order chi connectivity index (χ0) is 26.5. The average molecular weight is 510 g/mol. The Morgan fingerprint density at radius 1 is 0.375 bits per heavy atom. The second-order valence-electron chi connectivity index (χ2n) is 10.2. The highest BCUT2D eigenvalue weighted by atomic mass is 14.9. The Hall–Kier alpha value is -5.41. The minimum absolute atomic E-state index is 0.686. The lowest BCUT2D eigenvalue weighted by atomic mass is 9.94. The summed E-state index contributed by atoms with van der Waals surface area (Å²) >= 11 is 0. The van der Waals surface area contributed by atoms with Gasteiger partial charge < -0.3 is 0 Å². The topological polar surface area (TPSA) is 38.7 Å². The summed E-state index contributed by atoms with van der Waals surface area (Å²) in [6, 6.07) is 45.1. The Labute approximate surface area is 231 Å². The van der Waals surface area contributed by atoms with E-state index in [-0.39, 0.29) is 0 Å². The fourth-order valence-corrected chi connectivity index (χ4v) is 5.73. The minimum atomic E-state index is 0.686. The second kappa shape index (κ2) is 9.11. The van der Waals surface area contributed by atoms with Gasteiger partial charge in [-0.25, -0.2) is 9.97 Å². The third kappa shape index (κ3) is 3.79. The fraction of sp³-hybridized carbons (Fsp3) is 0. The number of aromatic nitrogens is 3. The van der Waals surface area contributed by atoms with Crippen LogP contribution in [0.2, 0.25) is 0 Å².